The molecule has 1 saturated heterocycles. The van der Waals surface area contributed by atoms with Crippen LogP contribution in [0.5, 0.6) is 0 Å². The smallest absolute Gasteiger partial charge is 0.0236 e. The summed E-state index contributed by atoms with van der Waals surface area (Å²) in [6.45, 7) is 13.7. The lowest BCUT2D eigenvalue weighted by Gasteiger charge is -2.23. The molecule has 19 heavy (non-hydrogen) atoms. The summed E-state index contributed by atoms with van der Waals surface area (Å²) in [5.74, 6) is 0.809. The zero-order chi connectivity index (χ0) is 13.9. The summed E-state index contributed by atoms with van der Waals surface area (Å²) in [5, 5.41) is 3.63. The second kappa shape index (κ2) is 6.06. The molecule has 2 rings (SSSR count). The molecule has 2 heteroatoms. The number of benzene rings is 1. The molecule has 1 aliphatic heterocycles. The molecule has 1 aromatic rings. The summed E-state index contributed by atoms with van der Waals surface area (Å²) in [5.41, 5.74) is 3.13. The van der Waals surface area contributed by atoms with Crippen LogP contribution in [-0.2, 0) is 6.54 Å². The first-order valence-corrected chi connectivity index (χ1v) is 7.46. The highest BCUT2D eigenvalue weighted by Gasteiger charge is 2.23. The predicted molar refractivity (Wildman–Crippen MR) is 82.3 cm³/mol. The zero-order valence-electron chi connectivity index (χ0n) is 12.9. The van der Waals surface area contributed by atoms with Gasteiger partial charge in [0.05, 0.1) is 0 Å². The Bertz CT molecular complexity index is 406. The molecule has 0 aromatic heterocycles. The van der Waals surface area contributed by atoms with Crippen LogP contribution in [0.2, 0.25) is 0 Å². The fraction of sp³-hybridized carbons (Fsp3) is 0.647. The van der Waals surface area contributed by atoms with Crippen LogP contribution in [0.4, 0.5) is 0 Å². The Morgan fingerprint density at radius 2 is 2.00 bits per heavy atom. The van der Waals surface area contributed by atoms with Gasteiger partial charge in [0, 0.05) is 18.6 Å². The highest BCUT2D eigenvalue weighted by atomic mass is 15.1. The second-order valence-corrected chi connectivity index (χ2v) is 6.95. The van der Waals surface area contributed by atoms with Crippen molar-refractivity contribution in [3.05, 3.63) is 35.4 Å². The van der Waals surface area contributed by atoms with Gasteiger partial charge in [-0.1, -0.05) is 24.3 Å². The predicted octanol–water partition coefficient (Wildman–Crippen LogP) is 3.21. The van der Waals surface area contributed by atoms with Gasteiger partial charge >= 0.3 is 0 Å². The number of aryl methyl sites for hydroxylation is 1. The zero-order valence-corrected chi connectivity index (χ0v) is 12.9. The fourth-order valence-electron chi connectivity index (χ4n) is 2.70. The van der Waals surface area contributed by atoms with Gasteiger partial charge in [0.25, 0.3) is 0 Å². The summed E-state index contributed by atoms with van der Waals surface area (Å²) >= 11 is 0. The van der Waals surface area contributed by atoms with E-state index in [4.69, 9.17) is 0 Å². The normalized spacial score (nSPS) is 20.9. The Hall–Kier alpha value is -0.860. The minimum absolute atomic E-state index is 0.240. The maximum atomic E-state index is 3.63. The van der Waals surface area contributed by atoms with E-state index in [2.05, 4.69) is 62.2 Å². The second-order valence-electron chi connectivity index (χ2n) is 6.95. The molecule has 1 aliphatic rings. The average molecular weight is 260 g/mol. The van der Waals surface area contributed by atoms with Gasteiger partial charge in [0.2, 0.25) is 0 Å². The minimum atomic E-state index is 0.240. The molecule has 0 bridgehead atoms. The Kier molecular flexibility index (Phi) is 4.64. The van der Waals surface area contributed by atoms with Gasteiger partial charge in [-0.25, -0.2) is 0 Å². The molecule has 1 aromatic carbocycles. The Balaban J connectivity index is 1.81. The molecule has 0 aliphatic carbocycles. The van der Waals surface area contributed by atoms with E-state index >= 15 is 0 Å². The molecule has 0 saturated carbocycles. The third-order valence-corrected chi connectivity index (χ3v) is 3.95. The number of nitrogens with zero attached hydrogens (tertiary/aromatic N) is 1. The highest BCUT2D eigenvalue weighted by molar-refractivity contribution is 5.25. The van der Waals surface area contributed by atoms with Crippen molar-refractivity contribution < 1.29 is 0 Å². The quantitative estimate of drug-likeness (QED) is 0.894. The van der Waals surface area contributed by atoms with E-state index in [-0.39, 0.29) is 5.54 Å². The van der Waals surface area contributed by atoms with Gasteiger partial charge in [-0.2, -0.15) is 0 Å². The first-order chi connectivity index (χ1) is 8.94. The summed E-state index contributed by atoms with van der Waals surface area (Å²) in [6, 6.07) is 8.75. The average Bonchev–Trinajstić information content (AvgIpc) is 2.77. The van der Waals surface area contributed by atoms with Gasteiger partial charge < -0.3 is 5.32 Å². The topological polar surface area (TPSA) is 15.3 Å². The molecule has 1 heterocycles. The van der Waals surface area contributed by atoms with Gasteiger partial charge in [-0.05, 0) is 64.3 Å². The first-order valence-electron chi connectivity index (χ1n) is 7.46. The van der Waals surface area contributed by atoms with Crippen LogP contribution in [0, 0.1) is 12.8 Å². The van der Waals surface area contributed by atoms with Crippen LogP contribution in [0.3, 0.4) is 0 Å². The lowest BCUT2D eigenvalue weighted by molar-refractivity contribution is 0.304. The van der Waals surface area contributed by atoms with E-state index < -0.39 is 0 Å². The Morgan fingerprint density at radius 1 is 1.26 bits per heavy atom. The van der Waals surface area contributed by atoms with Crippen LogP contribution >= 0.6 is 0 Å². The number of rotatable bonds is 4. The number of likely N-dealkylation sites (tertiary alicyclic amines) is 1. The van der Waals surface area contributed by atoms with Crippen LogP contribution < -0.4 is 5.32 Å². The van der Waals surface area contributed by atoms with Gasteiger partial charge in [0.1, 0.15) is 0 Å². The van der Waals surface area contributed by atoms with Crippen LogP contribution in [0.25, 0.3) is 0 Å². The maximum Gasteiger partial charge on any atom is 0.0236 e. The highest BCUT2D eigenvalue weighted by Crippen LogP contribution is 2.20. The summed E-state index contributed by atoms with van der Waals surface area (Å²) in [7, 11) is 0. The van der Waals surface area contributed by atoms with Crippen molar-refractivity contribution in [2.24, 2.45) is 5.92 Å². The third-order valence-electron chi connectivity index (χ3n) is 3.95. The van der Waals surface area contributed by atoms with E-state index in [0.717, 1.165) is 19.0 Å². The molecular weight excluding hydrogens is 232 g/mol. The lowest BCUT2D eigenvalue weighted by atomic mass is 10.1. The van der Waals surface area contributed by atoms with Gasteiger partial charge in [0.15, 0.2) is 0 Å². The summed E-state index contributed by atoms with van der Waals surface area (Å²) in [4.78, 5) is 2.59. The van der Waals surface area contributed by atoms with E-state index in [9.17, 15) is 0 Å². The van der Waals surface area contributed by atoms with Crippen molar-refractivity contribution in [1.29, 1.82) is 0 Å². The van der Waals surface area contributed by atoms with Gasteiger partial charge in [-0.3, -0.25) is 4.90 Å². The Morgan fingerprint density at radius 3 is 2.68 bits per heavy atom. The molecule has 0 radical (unpaired) electrons. The number of hydrogen-bond donors (Lipinski definition) is 1. The molecule has 2 nitrogen and oxygen atoms in total. The lowest BCUT2D eigenvalue weighted by Crippen LogP contribution is -2.39. The molecule has 1 atom stereocenters. The fourth-order valence-corrected chi connectivity index (χ4v) is 2.70. The van der Waals surface area contributed by atoms with Crippen molar-refractivity contribution in [1.82, 2.24) is 10.2 Å². The summed E-state index contributed by atoms with van der Waals surface area (Å²) < 4.78 is 0. The summed E-state index contributed by atoms with van der Waals surface area (Å²) in [6.07, 6.45) is 1.33. The van der Waals surface area contributed by atoms with Gasteiger partial charge in [-0.15, -0.1) is 0 Å². The van der Waals surface area contributed by atoms with Crippen molar-refractivity contribution in [3.63, 3.8) is 0 Å². The molecule has 0 spiro atoms. The molecule has 106 valence electrons. The SMILES string of the molecule is Cc1ccccc1CN1CCC(CNC(C)(C)C)C1. The largest absolute Gasteiger partial charge is 0.312 e. The van der Waals surface area contributed by atoms with Crippen molar-refractivity contribution in [2.75, 3.05) is 19.6 Å². The number of hydrogen-bond acceptors (Lipinski definition) is 2. The number of nitrogens with one attached hydrogen (secondary N) is 1. The van der Waals surface area contributed by atoms with Crippen LogP contribution in [0.15, 0.2) is 24.3 Å². The van der Waals surface area contributed by atoms with Crippen molar-refractivity contribution in [2.45, 2.75) is 46.2 Å². The first kappa shape index (κ1) is 14.5. The van der Waals surface area contributed by atoms with E-state index in [1.807, 2.05) is 0 Å². The monoisotopic (exact) mass is 260 g/mol. The molecule has 1 N–H and O–H groups in total. The minimum Gasteiger partial charge on any atom is -0.312 e. The molecule has 1 fully saturated rings. The maximum absolute atomic E-state index is 3.63. The van der Waals surface area contributed by atoms with E-state index in [0.29, 0.717) is 0 Å². The molecule has 1 unspecified atom stereocenters. The molecule has 0 amide bonds. The molecular formula is C17H28N2. The van der Waals surface area contributed by atoms with Crippen LogP contribution in [0.1, 0.15) is 38.3 Å². The van der Waals surface area contributed by atoms with E-state index in [1.54, 1.807) is 0 Å². The van der Waals surface area contributed by atoms with E-state index in [1.165, 1.54) is 30.6 Å². The van der Waals surface area contributed by atoms with Crippen LogP contribution in [-0.4, -0.2) is 30.1 Å². The van der Waals surface area contributed by atoms with Crippen molar-refractivity contribution >= 4 is 0 Å². The van der Waals surface area contributed by atoms with Crippen molar-refractivity contribution in [3.8, 4) is 0 Å². The Labute approximate surface area is 118 Å². The third kappa shape index (κ3) is 4.63. The standard InChI is InChI=1S/C17H28N2/c1-14-7-5-6-8-16(14)13-19-10-9-15(12-19)11-18-17(2,3)4/h5-8,15,18H,9-13H2,1-4H3.